The molecule has 2 heterocycles. The minimum absolute atomic E-state index is 0.677. The van der Waals surface area contributed by atoms with Crippen LogP contribution in [0.15, 0.2) is 54.9 Å². The molecule has 3 rings (SSSR count). The van der Waals surface area contributed by atoms with Crippen LogP contribution in [0.2, 0.25) is 0 Å². The summed E-state index contributed by atoms with van der Waals surface area (Å²) >= 11 is 0. The highest BCUT2D eigenvalue weighted by Gasteiger charge is 2.06. The van der Waals surface area contributed by atoms with Gasteiger partial charge >= 0.3 is 0 Å². The van der Waals surface area contributed by atoms with Gasteiger partial charge in [-0.05, 0) is 29.8 Å². The average Bonchev–Trinajstić information content (AvgIpc) is 2.55. The molecule has 21 heavy (non-hydrogen) atoms. The van der Waals surface area contributed by atoms with E-state index >= 15 is 0 Å². The molecule has 4 heteroatoms. The molecule has 0 aliphatic heterocycles. The lowest BCUT2D eigenvalue weighted by Crippen LogP contribution is -2.13. The lowest BCUT2D eigenvalue weighted by atomic mass is 10.1. The van der Waals surface area contributed by atoms with Gasteiger partial charge < -0.3 is 10.1 Å². The molecule has 4 nitrogen and oxygen atoms in total. The van der Waals surface area contributed by atoms with E-state index in [9.17, 15) is 0 Å². The third-order valence-electron chi connectivity index (χ3n) is 3.35. The zero-order valence-corrected chi connectivity index (χ0v) is 11.9. The lowest BCUT2D eigenvalue weighted by Gasteiger charge is -2.10. The molecule has 0 spiro atoms. The Bertz CT molecular complexity index is 728. The molecule has 1 aromatic carbocycles. The van der Waals surface area contributed by atoms with E-state index < -0.39 is 0 Å². The molecule has 2 aromatic heterocycles. The third-order valence-corrected chi connectivity index (χ3v) is 3.35. The number of pyridine rings is 2. The van der Waals surface area contributed by atoms with Crippen molar-refractivity contribution in [1.82, 2.24) is 15.3 Å². The van der Waals surface area contributed by atoms with Crippen LogP contribution in [-0.4, -0.2) is 17.1 Å². The van der Waals surface area contributed by atoms with Gasteiger partial charge in [-0.2, -0.15) is 0 Å². The summed E-state index contributed by atoms with van der Waals surface area (Å²) in [5.41, 5.74) is 3.22. The smallest absolute Gasteiger partial charge is 0.218 e. The average molecular weight is 279 g/mol. The first-order valence-corrected chi connectivity index (χ1v) is 6.89. The highest BCUT2D eigenvalue weighted by molar-refractivity contribution is 5.80. The first kappa shape index (κ1) is 13.5. The maximum Gasteiger partial charge on any atom is 0.218 e. The number of methoxy groups -OCH3 is 1. The zero-order chi connectivity index (χ0) is 14.5. The van der Waals surface area contributed by atoms with Crippen molar-refractivity contribution in [3.8, 4) is 5.88 Å². The number of benzene rings is 1. The number of hydrogen-bond acceptors (Lipinski definition) is 4. The Kier molecular flexibility index (Phi) is 4.07. The van der Waals surface area contributed by atoms with E-state index in [1.807, 2.05) is 30.3 Å². The standard InChI is InChI=1S/C17H17N3O/c1-21-17-15(10-14-4-2-3-5-16(14)20-17)12-19-11-13-6-8-18-9-7-13/h2-10,19H,11-12H2,1H3. The highest BCUT2D eigenvalue weighted by Crippen LogP contribution is 2.21. The van der Waals surface area contributed by atoms with Crippen molar-refractivity contribution >= 4 is 10.9 Å². The fraction of sp³-hybridized carbons (Fsp3) is 0.176. The van der Waals surface area contributed by atoms with Gasteiger partial charge in [0.2, 0.25) is 5.88 Å². The third kappa shape index (κ3) is 3.17. The van der Waals surface area contributed by atoms with Crippen LogP contribution in [0.4, 0.5) is 0 Å². The summed E-state index contributed by atoms with van der Waals surface area (Å²) in [5, 5.41) is 4.53. The summed E-state index contributed by atoms with van der Waals surface area (Å²) in [5.74, 6) is 0.677. The summed E-state index contributed by atoms with van der Waals surface area (Å²) in [4.78, 5) is 8.56. The van der Waals surface area contributed by atoms with Gasteiger partial charge in [-0.1, -0.05) is 18.2 Å². The van der Waals surface area contributed by atoms with E-state index in [-0.39, 0.29) is 0 Å². The quantitative estimate of drug-likeness (QED) is 0.780. The number of hydrogen-bond donors (Lipinski definition) is 1. The monoisotopic (exact) mass is 279 g/mol. The van der Waals surface area contributed by atoms with Crippen LogP contribution in [0.25, 0.3) is 10.9 Å². The molecule has 0 bridgehead atoms. The second-order valence-corrected chi connectivity index (χ2v) is 4.81. The second-order valence-electron chi connectivity index (χ2n) is 4.81. The van der Waals surface area contributed by atoms with Gasteiger partial charge in [-0.3, -0.25) is 4.98 Å². The molecule has 0 saturated heterocycles. The van der Waals surface area contributed by atoms with Gasteiger partial charge in [-0.15, -0.1) is 0 Å². The predicted octanol–water partition coefficient (Wildman–Crippen LogP) is 2.93. The van der Waals surface area contributed by atoms with Gasteiger partial charge in [0.1, 0.15) is 0 Å². The topological polar surface area (TPSA) is 47.0 Å². The maximum atomic E-state index is 5.40. The maximum absolute atomic E-state index is 5.40. The molecule has 0 aliphatic carbocycles. The van der Waals surface area contributed by atoms with Crippen molar-refractivity contribution in [2.24, 2.45) is 0 Å². The minimum Gasteiger partial charge on any atom is -0.481 e. The lowest BCUT2D eigenvalue weighted by molar-refractivity contribution is 0.392. The number of nitrogens with zero attached hydrogens (tertiary/aromatic N) is 2. The van der Waals surface area contributed by atoms with E-state index in [0.717, 1.165) is 23.0 Å². The molecule has 0 saturated carbocycles. The van der Waals surface area contributed by atoms with Crippen molar-refractivity contribution in [2.45, 2.75) is 13.1 Å². The Morgan fingerprint density at radius 2 is 1.86 bits per heavy atom. The summed E-state index contributed by atoms with van der Waals surface area (Å²) in [7, 11) is 1.66. The molecular weight excluding hydrogens is 262 g/mol. The van der Waals surface area contributed by atoms with Crippen LogP contribution in [0.5, 0.6) is 5.88 Å². The van der Waals surface area contributed by atoms with Crippen molar-refractivity contribution < 1.29 is 4.74 Å². The molecule has 0 radical (unpaired) electrons. The van der Waals surface area contributed by atoms with E-state index in [0.29, 0.717) is 12.4 Å². The van der Waals surface area contributed by atoms with Crippen LogP contribution in [0.3, 0.4) is 0 Å². The summed E-state index contributed by atoms with van der Waals surface area (Å²) in [6.45, 7) is 1.50. The molecular formula is C17H17N3O. The first-order valence-electron chi connectivity index (χ1n) is 6.89. The Morgan fingerprint density at radius 3 is 2.67 bits per heavy atom. The molecule has 0 amide bonds. The summed E-state index contributed by atoms with van der Waals surface area (Å²) in [6, 6.07) is 14.2. The SMILES string of the molecule is COc1nc2ccccc2cc1CNCc1ccncc1. The van der Waals surface area contributed by atoms with Crippen molar-refractivity contribution in [1.29, 1.82) is 0 Å². The Morgan fingerprint density at radius 1 is 1.05 bits per heavy atom. The largest absolute Gasteiger partial charge is 0.481 e. The number of aromatic nitrogens is 2. The van der Waals surface area contributed by atoms with Gasteiger partial charge in [0, 0.05) is 36.4 Å². The Balaban J connectivity index is 1.76. The molecule has 106 valence electrons. The fourth-order valence-electron chi connectivity index (χ4n) is 2.29. The molecule has 0 aliphatic rings. The van der Waals surface area contributed by atoms with Crippen molar-refractivity contribution in [3.63, 3.8) is 0 Å². The normalized spacial score (nSPS) is 10.7. The highest BCUT2D eigenvalue weighted by atomic mass is 16.5. The first-order chi connectivity index (χ1) is 10.4. The van der Waals surface area contributed by atoms with Crippen LogP contribution in [0, 0.1) is 0 Å². The van der Waals surface area contributed by atoms with Gasteiger partial charge in [0.05, 0.1) is 12.6 Å². The van der Waals surface area contributed by atoms with Crippen LogP contribution >= 0.6 is 0 Å². The molecule has 0 fully saturated rings. The summed E-state index contributed by atoms with van der Waals surface area (Å²) in [6.07, 6.45) is 3.60. The van der Waals surface area contributed by atoms with E-state index in [1.165, 1.54) is 5.56 Å². The number of fused-ring (bicyclic) bond motifs is 1. The van der Waals surface area contributed by atoms with Crippen molar-refractivity contribution in [3.05, 3.63) is 66.0 Å². The molecule has 1 N–H and O–H groups in total. The predicted molar refractivity (Wildman–Crippen MR) is 83.1 cm³/mol. The minimum atomic E-state index is 0.677. The van der Waals surface area contributed by atoms with E-state index in [1.54, 1.807) is 19.5 Å². The number of para-hydroxylation sites is 1. The zero-order valence-electron chi connectivity index (χ0n) is 11.9. The second kappa shape index (κ2) is 6.33. The van der Waals surface area contributed by atoms with Crippen LogP contribution in [-0.2, 0) is 13.1 Å². The van der Waals surface area contributed by atoms with Crippen LogP contribution < -0.4 is 10.1 Å². The Labute approximate surface area is 123 Å². The van der Waals surface area contributed by atoms with E-state index in [2.05, 4.69) is 27.4 Å². The van der Waals surface area contributed by atoms with E-state index in [4.69, 9.17) is 4.74 Å². The number of nitrogens with one attached hydrogen (secondary N) is 1. The summed E-state index contributed by atoms with van der Waals surface area (Å²) < 4.78 is 5.40. The number of ether oxygens (including phenoxy) is 1. The van der Waals surface area contributed by atoms with Crippen molar-refractivity contribution in [2.75, 3.05) is 7.11 Å². The van der Waals surface area contributed by atoms with Gasteiger partial charge in [-0.25, -0.2) is 4.98 Å². The molecule has 0 atom stereocenters. The molecule has 0 unspecified atom stereocenters. The van der Waals surface area contributed by atoms with Gasteiger partial charge in [0.25, 0.3) is 0 Å². The fourth-order valence-corrected chi connectivity index (χ4v) is 2.29. The van der Waals surface area contributed by atoms with Gasteiger partial charge in [0.15, 0.2) is 0 Å². The number of rotatable bonds is 5. The van der Waals surface area contributed by atoms with Crippen LogP contribution in [0.1, 0.15) is 11.1 Å². The Hall–Kier alpha value is -2.46. The molecule has 3 aromatic rings.